The van der Waals surface area contributed by atoms with Gasteiger partial charge in [-0.3, -0.25) is 0 Å². The predicted octanol–water partition coefficient (Wildman–Crippen LogP) is 2.20. The van der Waals surface area contributed by atoms with E-state index in [1.165, 1.54) is 12.1 Å². The zero-order valence-electron chi connectivity index (χ0n) is 13.0. The van der Waals surface area contributed by atoms with Crippen molar-refractivity contribution in [3.05, 3.63) is 60.2 Å². The Balaban J connectivity index is 1.87. The maximum Gasteiger partial charge on any atom is 0.246 e. The molecule has 1 atom stereocenters. The second-order valence-electron chi connectivity index (χ2n) is 5.71. The van der Waals surface area contributed by atoms with E-state index in [9.17, 15) is 25.6 Å². The molecule has 1 aliphatic rings. The highest BCUT2D eigenvalue weighted by Gasteiger charge is 2.40. The van der Waals surface area contributed by atoms with Gasteiger partial charge in [-0.25, -0.2) is 25.6 Å². The molecule has 134 valence electrons. The third-order valence-electron chi connectivity index (χ3n) is 4.13. The lowest BCUT2D eigenvalue weighted by Gasteiger charge is -2.17. The number of halogens is 2. The maximum absolute atomic E-state index is 13.8. The molecule has 3 rings (SSSR count). The fraction of sp³-hybridized carbons (Fsp3) is 0.250. The van der Waals surface area contributed by atoms with Crippen LogP contribution in [0, 0.1) is 11.6 Å². The van der Waals surface area contributed by atoms with Crippen molar-refractivity contribution in [1.82, 2.24) is 4.31 Å². The smallest absolute Gasteiger partial charge is 0.223 e. The van der Waals surface area contributed by atoms with Gasteiger partial charge in [0.25, 0.3) is 0 Å². The van der Waals surface area contributed by atoms with Crippen LogP contribution in [0.4, 0.5) is 8.78 Å². The molecular formula is C16H15F2NO4S2. The molecule has 2 aromatic carbocycles. The van der Waals surface area contributed by atoms with Crippen molar-refractivity contribution < 1.29 is 25.6 Å². The van der Waals surface area contributed by atoms with Crippen molar-refractivity contribution >= 4 is 19.9 Å². The molecule has 0 spiro atoms. The van der Waals surface area contributed by atoms with E-state index in [0.29, 0.717) is 6.07 Å². The van der Waals surface area contributed by atoms with Crippen LogP contribution in [0.3, 0.4) is 0 Å². The SMILES string of the molecule is O=S(=O)(c1ccccc1)C1CCN(S(=O)(=O)c2ccc(F)cc2F)C1. The Labute approximate surface area is 144 Å². The highest BCUT2D eigenvalue weighted by molar-refractivity contribution is 7.92. The van der Waals surface area contributed by atoms with Crippen LogP contribution in [0.1, 0.15) is 6.42 Å². The molecule has 1 heterocycles. The summed E-state index contributed by atoms with van der Waals surface area (Å²) in [5, 5.41) is -0.909. The summed E-state index contributed by atoms with van der Waals surface area (Å²) < 4.78 is 78.1. The van der Waals surface area contributed by atoms with Gasteiger partial charge in [-0.15, -0.1) is 0 Å². The summed E-state index contributed by atoms with van der Waals surface area (Å²) >= 11 is 0. The lowest BCUT2D eigenvalue weighted by atomic mass is 10.3. The summed E-state index contributed by atoms with van der Waals surface area (Å²) in [6.45, 7) is -0.313. The first-order chi connectivity index (χ1) is 11.7. The zero-order valence-corrected chi connectivity index (χ0v) is 14.6. The molecule has 0 bridgehead atoms. The first kappa shape index (κ1) is 18.0. The van der Waals surface area contributed by atoms with Gasteiger partial charge in [-0.05, 0) is 30.7 Å². The molecule has 5 nitrogen and oxygen atoms in total. The van der Waals surface area contributed by atoms with Crippen LogP contribution in [-0.2, 0) is 19.9 Å². The molecule has 1 unspecified atom stereocenters. The molecule has 0 aliphatic carbocycles. The Bertz CT molecular complexity index is 992. The van der Waals surface area contributed by atoms with E-state index in [4.69, 9.17) is 0 Å². The fourth-order valence-electron chi connectivity index (χ4n) is 2.80. The van der Waals surface area contributed by atoms with Crippen molar-refractivity contribution in [3.63, 3.8) is 0 Å². The minimum Gasteiger partial charge on any atom is -0.223 e. The Morgan fingerprint density at radius 1 is 0.960 bits per heavy atom. The lowest BCUT2D eigenvalue weighted by molar-refractivity contribution is 0.467. The number of nitrogens with zero attached hydrogens (tertiary/aromatic N) is 1. The highest BCUT2D eigenvalue weighted by atomic mass is 32.2. The van der Waals surface area contributed by atoms with E-state index in [2.05, 4.69) is 0 Å². The van der Waals surface area contributed by atoms with Crippen LogP contribution in [0.5, 0.6) is 0 Å². The quantitative estimate of drug-likeness (QED) is 0.806. The second-order valence-corrected chi connectivity index (χ2v) is 9.84. The number of hydrogen-bond donors (Lipinski definition) is 0. The maximum atomic E-state index is 13.8. The molecule has 0 amide bonds. The molecule has 25 heavy (non-hydrogen) atoms. The van der Waals surface area contributed by atoms with Crippen LogP contribution >= 0.6 is 0 Å². The number of hydrogen-bond acceptors (Lipinski definition) is 4. The lowest BCUT2D eigenvalue weighted by Crippen LogP contribution is -2.32. The van der Waals surface area contributed by atoms with Crippen LogP contribution in [0.25, 0.3) is 0 Å². The number of rotatable bonds is 4. The van der Waals surface area contributed by atoms with E-state index in [1.807, 2.05) is 0 Å². The number of benzene rings is 2. The van der Waals surface area contributed by atoms with Crippen LogP contribution in [0.2, 0.25) is 0 Å². The number of sulfone groups is 1. The Morgan fingerprint density at radius 3 is 2.28 bits per heavy atom. The first-order valence-corrected chi connectivity index (χ1v) is 10.5. The van der Waals surface area contributed by atoms with Gasteiger partial charge < -0.3 is 0 Å². The van der Waals surface area contributed by atoms with Gasteiger partial charge in [0.1, 0.15) is 16.5 Å². The Hall–Kier alpha value is -1.84. The van der Waals surface area contributed by atoms with Gasteiger partial charge in [0.05, 0.1) is 10.1 Å². The molecule has 0 aromatic heterocycles. The molecule has 0 N–H and O–H groups in total. The average Bonchev–Trinajstić information content (AvgIpc) is 3.07. The standard InChI is InChI=1S/C16H15F2NO4S2/c17-12-6-7-16(15(18)10-12)25(22,23)19-9-8-14(11-19)24(20,21)13-4-2-1-3-5-13/h1-7,10,14H,8-9,11H2. The Kier molecular flexibility index (Phi) is 4.65. The van der Waals surface area contributed by atoms with Crippen molar-refractivity contribution in [3.8, 4) is 0 Å². The summed E-state index contributed by atoms with van der Waals surface area (Å²) in [4.78, 5) is -0.543. The summed E-state index contributed by atoms with van der Waals surface area (Å²) in [5.41, 5.74) is 0. The minimum atomic E-state index is -4.23. The summed E-state index contributed by atoms with van der Waals surface area (Å²) in [5.74, 6) is -2.09. The molecule has 0 saturated carbocycles. The monoisotopic (exact) mass is 387 g/mol. The van der Waals surface area contributed by atoms with Crippen LogP contribution < -0.4 is 0 Å². The molecule has 1 fully saturated rings. The topological polar surface area (TPSA) is 71.5 Å². The van der Waals surface area contributed by atoms with Crippen LogP contribution in [0.15, 0.2) is 58.3 Å². The third kappa shape index (κ3) is 3.31. The molecule has 2 aromatic rings. The first-order valence-electron chi connectivity index (χ1n) is 7.47. The molecular weight excluding hydrogens is 372 g/mol. The van der Waals surface area contributed by atoms with E-state index >= 15 is 0 Å². The van der Waals surface area contributed by atoms with Gasteiger partial charge >= 0.3 is 0 Å². The Morgan fingerprint density at radius 2 is 1.64 bits per heavy atom. The van der Waals surface area contributed by atoms with Crippen molar-refractivity contribution in [2.24, 2.45) is 0 Å². The highest BCUT2D eigenvalue weighted by Crippen LogP contribution is 2.29. The van der Waals surface area contributed by atoms with Crippen LogP contribution in [-0.4, -0.2) is 39.5 Å². The minimum absolute atomic E-state index is 0.0458. The molecule has 9 heteroatoms. The van der Waals surface area contributed by atoms with Gasteiger partial charge in [0, 0.05) is 19.2 Å². The van der Waals surface area contributed by atoms with Crippen molar-refractivity contribution in [2.75, 3.05) is 13.1 Å². The third-order valence-corrected chi connectivity index (χ3v) is 8.22. The van der Waals surface area contributed by atoms with Gasteiger partial charge in [0.15, 0.2) is 9.84 Å². The normalized spacial score (nSPS) is 19.2. The zero-order chi connectivity index (χ0) is 18.2. The van der Waals surface area contributed by atoms with E-state index in [1.54, 1.807) is 18.2 Å². The van der Waals surface area contributed by atoms with E-state index in [-0.39, 0.29) is 24.4 Å². The van der Waals surface area contributed by atoms with Gasteiger partial charge in [-0.2, -0.15) is 4.31 Å². The van der Waals surface area contributed by atoms with E-state index in [0.717, 1.165) is 16.4 Å². The summed E-state index contributed by atoms with van der Waals surface area (Å²) in [6.07, 6.45) is 0.110. The summed E-state index contributed by atoms with van der Waals surface area (Å²) in [6, 6.07) is 9.94. The van der Waals surface area contributed by atoms with Crippen molar-refractivity contribution in [1.29, 1.82) is 0 Å². The second kappa shape index (κ2) is 6.47. The fourth-order valence-corrected chi connectivity index (χ4v) is 6.15. The number of sulfonamides is 1. The summed E-state index contributed by atoms with van der Waals surface area (Å²) in [7, 11) is -7.93. The molecule has 0 radical (unpaired) electrons. The van der Waals surface area contributed by atoms with E-state index < -0.39 is 41.6 Å². The average molecular weight is 387 g/mol. The molecule has 1 saturated heterocycles. The largest absolute Gasteiger partial charge is 0.246 e. The predicted molar refractivity (Wildman–Crippen MR) is 87.1 cm³/mol. The molecule has 1 aliphatic heterocycles. The van der Waals surface area contributed by atoms with Gasteiger partial charge in [0.2, 0.25) is 10.0 Å². The van der Waals surface area contributed by atoms with Gasteiger partial charge in [-0.1, -0.05) is 18.2 Å². The van der Waals surface area contributed by atoms with Crippen molar-refractivity contribution in [2.45, 2.75) is 21.5 Å².